The average Bonchev–Trinajstić information content (AvgIpc) is 3.69. The minimum Gasteiger partial charge on any atom is -0.444 e. The van der Waals surface area contributed by atoms with Gasteiger partial charge in [-0.15, -0.1) is 10.2 Å². The monoisotopic (exact) mass is 792 g/mol. The number of nitrogens with one attached hydrogen (secondary N) is 1. The molecule has 1 aromatic carbocycles. The summed E-state index contributed by atoms with van der Waals surface area (Å²) >= 11 is 0. The standard InChI is InChI=1S/C41H45FN10O6/c1-41(2,3)58-40(56)50-14-10-29(11-15-50)52-22-27(20-46-52)26-18-30(37(43)45-19-26)32-8-9-33(49-48-32)47-39(55)31-23-51(21-24-12-16-57-17-13-24)35(38(44)54)34(36(31)53)25-4-6-28(42)7-5-25/h4-9,18-20,22-24,29H,10-17,21H2,1-3H3,(H2,43,45)(H2,44,54)(H,47,49,55). The van der Waals surface area contributed by atoms with E-state index in [-0.39, 0.29) is 52.1 Å². The number of halogens is 1. The van der Waals surface area contributed by atoms with Crippen LogP contribution in [0.25, 0.3) is 33.5 Å². The Hall–Kier alpha value is -6.49. The summed E-state index contributed by atoms with van der Waals surface area (Å²) in [6.07, 6.45) is 9.22. The van der Waals surface area contributed by atoms with Crippen LogP contribution in [0, 0.1) is 11.7 Å². The highest BCUT2D eigenvalue weighted by atomic mass is 19.1. The zero-order valence-electron chi connectivity index (χ0n) is 32.5. The van der Waals surface area contributed by atoms with Crippen LogP contribution in [0.5, 0.6) is 0 Å². The third-order valence-corrected chi connectivity index (χ3v) is 10.2. The summed E-state index contributed by atoms with van der Waals surface area (Å²) < 4.78 is 28.3. The number of nitrogens with two attached hydrogens (primary N) is 2. The molecule has 302 valence electrons. The van der Waals surface area contributed by atoms with Crippen LogP contribution in [0.3, 0.4) is 0 Å². The van der Waals surface area contributed by atoms with Crippen molar-refractivity contribution in [1.29, 1.82) is 0 Å². The molecule has 7 rings (SSSR count). The van der Waals surface area contributed by atoms with E-state index in [2.05, 4.69) is 25.6 Å². The van der Waals surface area contributed by atoms with E-state index < -0.39 is 28.7 Å². The molecule has 5 aromatic rings. The van der Waals surface area contributed by atoms with Gasteiger partial charge >= 0.3 is 6.09 Å². The van der Waals surface area contributed by atoms with Crippen molar-refractivity contribution in [2.45, 2.75) is 64.6 Å². The summed E-state index contributed by atoms with van der Waals surface area (Å²) in [7, 11) is 0. The number of hydrogen-bond acceptors (Lipinski definition) is 11. The summed E-state index contributed by atoms with van der Waals surface area (Å²) in [5, 5.41) is 15.7. The number of rotatable bonds is 9. The molecule has 0 aliphatic carbocycles. The Labute approximate surface area is 333 Å². The van der Waals surface area contributed by atoms with Crippen LogP contribution in [0.4, 0.5) is 20.8 Å². The summed E-state index contributed by atoms with van der Waals surface area (Å²) in [6, 6.07) is 10.1. The highest BCUT2D eigenvalue weighted by molar-refractivity contribution is 6.06. The van der Waals surface area contributed by atoms with Crippen molar-refractivity contribution in [2.75, 3.05) is 37.4 Å². The third kappa shape index (κ3) is 8.89. The number of nitrogen functional groups attached to an aromatic ring is 1. The number of anilines is 2. The van der Waals surface area contributed by atoms with Crippen molar-refractivity contribution in [3.63, 3.8) is 0 Å². The van der Waals surface area contributed by atoms with Crippen molar-refractivity contribution in [3.8, 4) is 33.5 Å². The second-order valence-corrected chi connectivity index (χ2v) is 15.5. The molecule has 2 aliphatic heterocycles. The minimum absolute atomic E-state index is 0.0492. The van der Waals surface area contributed by atoms with Crippen LogP contribution in [0.1, 0.15) is 73.3 Å². The normalized spacial score (nSPS) is 15.3. The number of pyridine rings is 2. The first-order valence-corrected chi connectivity index (χ1v) is 19.1. The van der Waals surface area contributed by atoms with Gasteiger partial charge in [0.25, 0.3) is 11.8 Å². The maximum absolute atomic E-state index is 14.0. The fourth-order valence-corrected chi connectivity index (χ4v) is 7.22. The van der Waals surface area contributed by atoms with Crippen molar-refractivity contribution >= 4 is 29.5 Å². The molecule has 4 aromatic heterocycles. The summed E-state index contributed by atoms with van der Waals surface area (Å²) in [5.41, 5.74) is 13.0. The van der Waals surface area contributed by atoms with Gasteiger partial charge in [-0.25, -0.2) is 14.2 Å². The van der Waals surface area contributed by atoms with Crippen molar-refractivity contribution < 1.29 is 28.2 Å². The van der Waals surface area contributed by atoms with Gasteiger partial charge in [0.2, 0.25) is 5.43 Å². The molecule has 2 fully saturated rings. The van der Waals surface area contributed by atoms with Crippen LogP contribution >= 0.6 is 0 Å². The molecule has 16 nitrogen and oxygen atoms in total. The number of piperidine rings is 1. The van der Waals surface area contributed by atoms with Crippen molar-refractivity contribution in [3.05, 3.63) is 94.5 Å². The number of hydrogen-bond donors (Lipinski definition) is 3. The maximum atomic E-state index is 14.0. The van der Waals surface area contributed by atoms with Crippen LogP contribution in [-0.2, 0) is 16.0 Å². The van der Waals surface area contributed by atoms with Gasteiger partial charge < -0.3 is 35.7 Å². The molecular weight excluding hydrogens is 748 g/mol. The lowest BCUT2D eigenvalue weighted by molar-refractivity contribution is 0.0184. The van der Waals surface area contributed by atoms with Gasteiger partial charge in [-0.2, -0.15) is 5.10 Å². The van der Waals surface area contributed by atoms with E-state index in [1.165, 1.54) is 29.0 Å². The molecule has 2 aliphatic rings. The van der Waals surface area contributed by atoms with E-state index in [1.807, 2.05) is 37.7 Å². The topological polar surface area (TPSA) is 215 Å². The van der Waals surface area contributed by atoms with Gasteiger partial charge in [-0.3, -0.25) is 19.1 Å². The van der Waals surface area contributed by atoms with Gasteiger partial charge in [0.05, 0.1) is 23.5 Å². The molecular formula is C41H45FN10O6. The third-order valence-electron chi connectivity index (χ3n) is 10.2. The Morgan fingerprint density at radius 1 is 0.948 bits per heavy atom. The highest BCUT2D eigenvalue weighted by Crippen LogP contribution is 2.31. The number of aromatic nitrogens is 6. The molecule has 0 saturated carbocycles. The van der Waals surface area contributed by atoms with Crippen LogP contribution < -0.4 is 22.2 Å². The number of carbonyl (C=O) groups is 3. The fourth-order valence-electron chi connectivity index (χ4n) is 7.22. The lowest BCUT2D eigenvalue weighted by Gasteiger charge is -2.33. The van der Waals surface area contributed by atoms with Crippen molar-refractivity contribution in [1.82, 2.24) is 34.4 Å². The molecule has 0 bridgehead atoms. The average molecular weight is 793 g/mol. The Balaban J connectivity index is 1.09. The molecule has 2 saturated heterocycles. The number of primary amides is 1. The molecule has 0 unspecified atom stereocenters. The smallest absolute Gasteiger partial charge is 0.410 e. The number of likely N-dealkylation sites (tertiary alicyclic amines) is 1. The Kier molecular flexibility index (Phi) is 11.3. The molecule has 0 atom stereocenters. The van der Waals surface area contributed by atoms with Crippen LogP contribution in [0.15, 0.2) is 72.0 Å². The van der Waals surface area contributed by atoms with Gasteiger partial charge in [-0.1, -0.05) is 12.1 Å². The number of nitrogens with zero attached hydrogens (tertiary/aromatic N) is 7. The summed E-state index contributed by atoms with van der Waals surface area (Å²) in [4.78, 5) is 59.2. The lowest BCUT2D eigenvalue weighted by atomic mass is 9.97. The van der Waals surface area contributed by atoms with E-state index in [4.69, 9.17) is 20.9 Å². The quantitative estimate of drug-likeness (QED) is 0.174. The Bertz CT molecular complexity index is 2380. The molecule has 58 heavy (non-hydrogen) atoms. The maximum Gasteiger partial charge on any atom is 0.410 e. The van der Waals surface area contributed by atoms with E-state index in [0.29, 0.717) is 56.9 Å². The first-order valence-electron chi connectivity index (χ1n) is 19.1. The molecule has 5 N–H and O–H groups in total. The van der Waals surface area contributed by atoms with Crippen molar-refractivity contribution in [2.24, 2.45) is 11.7 Å². The number of ether oxygens (including phenoxy) is 2. The van der Waals surface area contributed by atoms with Gasteiger partial charge in [-0.05, 0) is 88.3 Å². The molecule has 6 heterocycles. The minimum atomic E-state index is -0.860. The lowest BCUT2D eigenvalue weighted by Crippen LogP contribution is -2.42. The van der Waals surface area contributed by atoms with E-state index in [0.717, 1.165) is 36.1 Å². The number of benzene rings is 1. The zero-order chi connectivity index (χ0) is 41.1. The fraction of sp³-hybridized carbons (Fsp3) is 0.366. The number of carbonyl (C=O) groups excluding carboxylic acids is 3. The van der Waals surface area contributed by atoms with Crippen LogP contribution in [0.2, 0.25) is 0 Å². The predicted molar refractivity (Wildman–Crippen MR) is 213 cm³/mol. The van der Waals surface area contributed by atoms with Gasteiger partial charge in [0.1, 0.15) is 28.5 Å². The highest BCUT2D eigenvalue weighted by Gasteiger charge is 2.29. The SMILES string of the molecule is CC(C)(C)OC(=O)N1CCC(n2cc(-c3cnc(N)c(-c4ccc(NC(=O)c5cn(CC6CCOCC6)c(C(N)=O)c(-c6ccc(F)cc6)c5=O)nn4)c3)cn2)CC1. The Morgan fingerprint density at radius 2 is 1.67 bits per heavy atom. The largest absolute Gasteiger partial charge is 0.444 e. The molecule has 3 amide bonds. The zero-order valence-corrected chi connectivity index (χ0v) is 32.5. The van der Waals surface area contributed by atoms with E-state index in [9.17, 15) is 23.6 Å². The number of amides is 3. The first kappa shape index (κ1) is 39.7. The summed E-state index contributed by atoms with van der Waals surface area (Å²) in [5.74, 6) is -1.83. The molecule has 0 spiro atoms. The van der Waals surface area contributed by atoms with Gasteiger partial charge in [0, 0.05) is 68.1 Å². The first-order chi connectivity index (χ1) is 27.7. The summed E-state index contributed by atoms with van der Waals surface area (Å²) in [6.45, 7) is 8.05. The van der Waals surface area contributed by atoms with Crippen LogP contribution in [-0.4, -0.2) is 84.2 Å². The Morgan fingerprint density at radius 3 is 2.33 bits per heavy atom. The second kappa shape index (κ2) is 16.5. The van der Waals surface area contributed by atoms with E-state index >= 15 is 0 Å². The van der Waals surface area contributed by atoms with E-state index in [1.54, 1.807) is 23.4 Å². The molecule has 0 radical (unpaired) electrons. The predicted octanol–water partition coefficient (Wildman–Crippen LogP) is 5.30. The second-order valence-electron chi connectivity index (χ2n) is 15.5. The van der Waals surface area contributed by atoms with Gasteiger partial charge in [0.15, 0.2) is 5.82 Å². The molecule has 17 heteroatoms.